The normalized spacial score (nSPS) is 11.0. The van der Waals surface area contributed by atoms with Crippen LogP contribution in [0.15, 0.2) is 72.3 Å². The summed E-state index contributed by atoms with van der Waals surface area (Å²) in [5.74, 6) is 0. The zero-order valence-corrected chi connectivity index (χ0v) is 14.5. The van der Waals surface area contributed by atoms with Gasteiger partial charge in [-0.1, -0.05) is 6.07 Å². The van der Waals surface area contributed by atoms with Crippen LogP contribution in [-0.2, 0) is 0 Å². The Hall–Kier alpha value is -2.76. The van der Waals surface area contributed by atoms with Crippen LogP contribution in [0.5, 0.6) is 0 Å². The van der Waals surface area contributed by atoms with Gasteiger partial charge in [-0.25, -0.2) is 0 Å². The van der Waals surface area contributed by atoms with Crippen molar-refractivity contribution in [3.05, 3.63) is 72.9 Å². The fourth-order valence-corrected chi connectivity index (χ4v) is 3.45. The van der Waals surface area contributed by atoms with Gasteiger partial charge >= 0.3 is 0 Å². The van der Waals surface area contributed by atoms with Gasteiger partial charge in [0.05, 0.1) is 5.52 Å². The molecule has 0 saturated carbocycles. The van der Waals surface area contributed by atoms with Gasteiger partial charge in [-0.3, -0.25) is 20.1 Å². The number of nitrogens with two attached hydrogens (primary N) is 1. The largest absolute Gasteiger partial charge is 0.274 e. The smallest absolute Gasteiger partial charge is 0.0711 e. The number of nitrogens with zero attached hydrogens (tertiary/aromatic N) is 3. The van der Waals surface area contributed by atoms with Crippen molar-refractivity contribution < 1.29 is 0 Å². The summed E-state index contributed by atoms with van der Waals surface area (Å²) in [6.07, 6.45) is 9.12. The van der Waals surface area contributed by atoms with Gasteiger partial charge in [0.25, 0.3) is 0 Å². The highest BCUT2D eigenvalue weighted by atomic mass is 32.2. The first kappa shape index (κ1) is 15.7. The third-order valence-electron chi connectivity index (χ3n) is 4.32. The number of hydrogen-bond acceptors (Lipinski definition) is 5. The monoisotopic (exact) mass is 344 g/mol. The molecule has 0 bridgehead atoms. The Labute approximate surface area is 150 Å². The van der Waals surface area contributed by atoms with Crippen molar-refractivity contribution in [3.8, 4) is 22.3 Å². The number of aromatic nitrogens is 3. The lowest BCUT2D eigenvalue weighted by Crippen LogP contribution is -1.92. The Morgan fingerprint density at radius 3 is 2.48 bits per heavy atom. The zero-order valence-electron chi connectivity index (χ0n) is 13.7. The predicted molar refractivity (Wildman–Crippen MR) is 103 cm³/mol. The summed E-state index contributed by atoms with van der Waals surface area (Å²) in [7, 11) is 0. The average Bonchev–Trinajstić information content (AvgIpc) is 2.68. The maximum atomic E-state index is 5.69. The SMILES string of the molecule is Cc1c(-c2cncc(SN)c2)ccc2nccc(-c3ccncc3)c12. The van der Waals surface area contributed by atoms with E-state index in [0.717, 1.165) is 38.1 Å². The quantitative estimate of drug-likeness (QED) is 0.549. The van der Waals surface area contributed by atoms with Crippen molar-refractivity contribution in [1.82, 2.24) is 15.0 Å². The molecule has 4 aromatic rings. The Bertz CT molecular complexity index is 1050. The van der Waals surface area contributed by atoms with Crippen LogP contribution in [0.4, 0.5) is 0 Å². The lowest BCUT2D eigenvalue weighted by Gasteiger charge is -2.13. The number of hydrogen-bond donors (Lipinski definition) is 1. The second-order valence-electron chi connectivity index (χ2n) is 5.75. The van der Waals surface area contributed by atoms with Crippen LogP contribution < -0.4 is 5.14 Å². The molecule has 5 heteroatoms. The topological polar surface area (TPSA) is 64.7 Å². The molecule has 0 unspecified atom stereocenters. The van der Waals surface area contributed by atoms with Gasteiger partial charge in [0.1, 0.15) is 0 Å². The first-order chi connectivity index (χ1) is 12.3. The van der Waals surface area contributed by atoms with Crippen molar-refractivity contribution in [2.24, 2.45) is 5.14 Å². The van der Waals surface area contributed by atoms with E-state index in [1.54, 1.807) is 6.20 Å². The molecule has 0 aliphatic carbocycles. The summed E-state index contributed by atoms with van der Waals surface area (Å²) in [5.41, 5.74) is 6.64. The number of pyridine rings is 3. The summed E-state index contributed by atoms with van der Waals surface area (Å²) < 4.78 is 0. The van der Waals surface area contributed by atoms with Crippen molar-refractivity contribution in [2.45, 2.75) is 11.8 Å². The molecular formula is C20H16N4S. The minimum atomic E-state index is 0.942. The van der Waals surface area contributed by atoms with E-state index in [0.29, 0.717) is 0 Å². The van der Waals surface area contributed by atoms with E-state index < -0.39 is 0 Å². The fraction of sp³-hybridized carbons (Fsp3) is 0.0500. The van der Waals surface area contributed by atoms with Crippen LogP contribution in [-0.4, -0.2) is 15.0 Å². The molecule has 0 radical (unpaired) electrons. The third kappa shape index (κ3) is 2.88. The maximum Gasteiger partial charge on any atom is 0.0711 e. The molecule has 1 aromatic carbocycles. The van der Waals surface area contributed by atoms with Crippen molar-refractivity contribution in [1.29, 1.82) is 0 Å². The van der Waals surface area contributed by atoms with Gasteiger partial charge < -0.3 is 0 Å². The lowest BCUT2D eigenvalue weighted by molar-refractivity contribution is 1.24. The standard InChI is InChI=1S/C20H16N4S/c1-13-17(15-10-16(25-21)12-23-11-15)2-3-19-20(13)18(6-9-24-19)14-4-7-22-8-5-14/h2-12H,21H2,1H3. The predicted octanol–water partition coefficient (Wildman–Crippen LogP) is 4.63. The summed E-state index contributed by atoms with van der Waals surface area (Å²) in [6, 6.07) is 12.3. The van der Waals surface area contributed by atoms with Crippen LogP contribution in [0.1, 0.15) is 5.56 Å². The van der Waals surface area contributed by atoms with Crippen molar-refractivity contribution in [2.75, 3.05) is 0 Å². The van der Waals surface area contributed by atoms with Gasteiger partial charge in [0.2, 0.25) is 0 Å². The first-order valence-corrected chi connectivity index (χ1v) is 8.77. The van der Waals surface area contributed by atoms with Gasteiger partial charge in [0.15, 0.2) is 0 Å². The molecule has 2 N–H and O–H groups in total. The van der Waals surface area contributed by atoms with E-state index in [1.165, 1.54) is 17.5 Å². The molecule has 122 valence electrons. The number of fused-ring (bicyclic) bond motifs is 1. The van der Waals surface area contributed by atoms with Crippen LogP contribution in [0.3, 0.4) is 0 Å². The highest BCUT2D eigenvalue weighted by Crippen LogP contribution is 2.35. The van der Waals surface area contributed by atoms with Gasteiger partial charge in [-0.2, -0.15) is 0 Å². The molecule has 0 saturated heterocycles. The Morgan fingerprint density at radius 2 is 1.68 bits per heavy atom. The van der Waals surface area contributed by atoms with E-state index in [4.69, 9.17) is 5.14 Å². The summed E-state index contributed by atoms with van der Waals surface area (Å²) >= 11 is 1.21. The average molecular weight is 344 g/mol. The molecule has 0 aliphatic rings. The molecule has 3 aromatic heterocycles. The number of aryl methyl sites for hydroxylation is 1. The highest BCUT2D eigenvalue weighted by Gasteiger charge is 2.12. The third-order valence-corrected chi connectivity index (χ3v) is 4.81. The van der Waals surface area contributed by atoms with Crippen molar-refractivity contribution >= 4 is 22.9 Å². The molecule has 0 amide bonds. The second kappa shape index (κ2) is 6.63. The van der Waals surface area contributed by atoms with Crippen molar-refractivity contribution in [3.63, 3.8) is 0 Å². The lowest BCUT2D eigenvalue weighted by atomic mass is 9.93. The van der Waals surface area contributed by atoms with E-state index >= 15 is 0 Å². The number of rotatable bonds is 3. The minimum absolute atomic E-state index is 0.942. The van der Waals surface area contributed by atoms with E-state index in [1.807, 2.05) is 36.9 Å². The summed E-state index contributed by atoms with van der Waals surface area (Å²) in [5, 5.41) is 6.84. The van der Waals surface area contributed by atoms with Crippen LogP contribution in [0.25, 0.3) is 33.2 Å². The summed E-state index contributed by atoms with van der Waals surface area (Å²) in [4.78, 5) is 13.9. The molecular weight excluding hydrogens is 328 g/mol. The summed E-state index contributed by atoms with van der Waals surface area (Å²) in [6.45, 7) is 2.13. The molecule has 3 heterocycles. The molecule has 4 rings (SSSR count). The number of benzene rings is 1. The Balaban J connectivity index is 1.98. The molecule has 0 spiro atoms. The van der Waals surface area contributed by atoms with Crippen LogP contribution >= 0.6 is 11.9 Å². The zero-order chi connectivity index (χ0) is 17.2. The Morgan fingerprint density at radius 1 is 0.840 bits per heavy atom. The van der Waals surface area contributed by atoms with Crippen LogP contribution in [0.2, 0.25) is 0 Å². The molecule has 0 fully saturated rings. The van der Waals surface area contributed by atoms with Gasteiger partial charge in [-0.15, -0.1) is 0 Å². The Kier molecular flexibility index (Phi) is 4.17. The minimum Gasteiger partial charge on any atom is -0.274 e. The molecule has 0 atom stereocenters. The first-order valence-electron chi connectivity index (χ1n) is 7.89. The fourth-order valence-electron chi connectivity index (χ4n) is 3.14. The molecule has 4 nitrogen and oxygen atoms in total. The molecule has 25 heavy (non-hydrogen) atoms. The molecule has 0 aliphatic heterocycles. The van der Waals surface area contributed by atoms with E-state index in [9.17, 15) is 0 Å². The maximum absolute atomic E-state index is 5.69. The van der Waals surface area contributed by atoms with Gasteiger partial charge in [0, 0.05) is 46.8 Å². The van der Waals surface area contributed by atoms with Crippen LogP contribution in [0, 0.1) is 6.92 Å². The van der Waals surface area contributed by atoms with Gasteiger partial charge in [-0.05, 0) is 71.5 Å². The second-order valence-corrected chi connectivity index (χ2v) is 6.46. The van der Waals surface area contributed by atoms with E-state index in [-0.39, 0.29) is 0 Å². The highest BCUT2D eigenvalue weighted by molar-refractivity contribution is 7.97. The van der Waals surface area contributed by atoms with E-state index in [2.05, 4.69) is 46.1 Å².